The van der Waals surface area contributed by atoms with Crippen LogP contribution in [0, 0.1) is 0 Å². The van der Waals surface area contributed by atoms with Crippen LogP contribution in [0.1, 0.15) is 23.2 Å². The number of primary amides is 1. The Morgan fingerprint density at radius 2 is 2.40 bits per heavy atom. The number of benzene rings is 1. The Bertz CT molecular complexity index is 640. The van der Waals surface area contributed by atoms with Crippen molar-refractivity contribution in [2.24, 2.45) is 5.73 Å². The first-order valence-corrected chi connectivity index (χ1v) is 7.48. The molecule has 20 heavy (non-hydrogen) atoms. The van der Waals surface area contributed by atoms with Crippen LogP contribution in [0.2, 0.25) is 0 Å². The summed E-state index contributed by atoms with van der Waals surface area (Å²) in [6.45, 7) is 1.83. The number of carbonyl (C=O) groups excluding carboxylic acids is 1. The topological polar surface area (TPSA) is 68.4 Å². The van der Waals surface area contributed by atoms with Crippen molar-refractivity contribution < 1.29 is 9.53 Å². The van der Waals surface area contributed by atoms with Crippen LogP contribution in [0.3, 0.4) is 0 Å². The van der Waals surface area contributed by atoms with Crippen LogP contribution >= 0.6 is 11.3 Å². The Balaban J connectivity index is 1.96. The van der Waals surface area contributed by atoms with Gasteiger partial charge in [0, 0.05) is 20.2 Å². The molecule has 2 heterocycles. The number of nitrogens with two attached hydrogens (primary N) is 1. The summed E-state index contributed by atoms with van der Waals surface area (Å²) in [7, 11) is 1.75. The summed E-state index contributed by atoms with van der Waals surface area (Å²) in [5.74, 6) is -0.430. The third-order valence-electron chi connectivity index (χ3n) is 3.66. The van der Waals surface area contributed by atoms with Crippen LogP contribution in [-0.4, -0.2) is 37.2 Å². The molecule has 0 spiro atoms. The monoisotopic (exact) mass is 291 g/mol. The van der Waals surface area contributed by atoms with Crippen LogP contribution in [0.5, 0.6) is 0 Å². The van der Waals surface area contributed by atoms with Crippen molar-refractivity contribution in [3.05, 3.63) is 23.8 Å². The summed E-state index contributed by atoms with van der Waals surface area (Å²) < 4.78 is 6.44. The van der Waals surface area contributed by atoms with E-state index in [1.165, 1.54) is 0 Å². The lowest BCUT2D eigenvalue weighted by atomic mass is 10.1. The van der Waals surface area contributed by atoms with Gasteiger partial charge in [-0.05, 0) is 25.0 Å². The normalized spacial score (nSPS) is 19.4. The zero-order chi connectivity index (χ0) is 14.1. The molecule has 1 amide bonds. The molecule has 1 aromatic heterocycles. The maximum Gasteiger partial charge on any atom is 0.250 e. The Hall–Kier alpha value is -1.66. The van der Waals surface area contributed by atoms with Crippen LogP contribution < -0.4 is 10.6 Å². The van der Waals surface area contributed by atoms with Gasteiger partial charge in [0.15, 0.2) is 5.13 Å². The van der Waals surface area contributed by atoms with Gasteiger partial charge in [-0.3, -0.25) is 4.79 Å². The molecule has 1 atom stereocenters. The molecular weight excluding hydrogens is 274 g/mol. The number of anilines is 1. The van der Waals surface area contributed by atoms with E-state index in [1.54, 1.807) is 24.5 Å². The van der Waals surface area contributed by atoms with Gasteiger partial charge >= 0.3 is 0 Å². The molecule has 1 aliphatic heterocycles. The van der Waals surface area contributed by atoms with Gasteiger partial charge in [-0.15, -0.1) is 0 Å². The number of hydrogen-bond donors (Lipinski definition) is 1. The maximum atomic E-state index is 11.5. The van der Waals surface area contributed by atoms with Crippen molar-refractivity contribution in [1.82, 2.24) is 4.98 Å². The number of rotatable bonds is 3. The quantitative estimate of drug-likeness (QED) is 0.939. The molecule has 0 aliphatic carbocycles. The molecule has 6 heteroatoms. The Morgan fingerprint density at radius 3 is 3.15 bits per heavy atom. The van der Waals surface area contributed by atoms with Gasteiger partial charge in [0.1, 0.15) is 0 Å². The summed E-state index contributed by atoms with van der Waals surface area (Å²) >= 11 is 1.60. The molecular formula is C14H17N3O2S. The predicted molar refractivity (Wildman–Crippen MR) is 80.4 cm³/mol. The fourth-order valence-electron chi connectivity index (χ4n) is 2.58. The van der Waals surface area contributed by atoms with E-state index in [9.17, 15) is 4.79 Å². The number of para-hydroxylation sites is 1. The van der Waals surface area contributed by atoms with Gasteiger partial charge in [-0.25, -0.2) is 4.98 Å². The van der Waals surface area contributed by atoms with E-state index in [0.29, 0.717) is 11.1 Å². The summed E-state index contributed by atoms with van der Waals surface area (Å²) in [5, 5.41) is 0.940. The van der Waals surface area contributed by atoms with Gasteiger partial charge in [-0.2, -0.15) is 0 Å². The molecule has 1 unspecified atom stereocenters. The lowest BCUT2D eigenvalue weighted by Crippen LogP contribution is -2.39. The molecule has 0 bridgehead atoms. The second kappa shape index (κ2) is 5.38. The van der Waals surface area contributed by atoms with Crippen molar-refractivity contribution in [1.29, 1.82) is 0 Å². The molecule has 1 aliphatic rings. The lowest BCUT2D eigenvalue weighted by Gasteiger charge is -2.31. The number of carbonyl (C=O) groups is 1. The van der Waals surface area contributed by atoms with Crippen molar-refractivity contribution >= 4 is 32.6 Å². The number of thiazole rings is 1. The average Bonchev–Trinajstić information content (AvgIpc) is 2.91. The summed E-state index contributed by atoms with van der Waals surface area (Å²) in [5.41, 5.74) is 6.60. The molecule has 1 fully saturated rings. The Labute approximate surface area is 121 Å². The first-order valence-electron chi connectivity index (χ1n) is 6.66. The van der Waals surface area contributed by atoms with E-state index < -0.39 is 5.91 Å². The number of ether oxygens (including phenoxy) is 1. The van der Waals surface area contributed by atoms with E-state index in [2.05, 4.69) is 9.88 Å². The smallest absolute Gasteiger partial charge is 0.250 e. The number of methoxy groups -OCH3 is 1. The SMILES string of the molecule is COC1CCCN(c2nc3c(C(N)=O)cccc3s2)C1. The largest absolute Gasteiger partial charge is 0.380 e. The predicted octanol–water partition coefficient (Wildman–Crippen LogP) is 2.01. The first kappa shape index (κ1) is 13.3. The molecule has 2 aromatic rings. The third-order valence-corrected chi connectivity index (χ3v) is 4.74. The maximum absolute atomic E-state index is 11.5. The number of amides is 1. The van der Waals surface area contributed by atoms with Crippen molar-refractivity contribution in [3.8, 4) is 0 Å². The van der Waals surface area contributed by atoms with Crippen LogP contribution in [0.25, 0.3) is 10.2 Å². The van der Waals surface area contributed by atoms with E-state index in [4.69, 9.17) is 10.5 Å². The summed E-state index contributed by atoms with van der Waals surface area (Å²) in [6.07, 6.45) is 2.44. The van der Waals surface area contributed by atoms with Gasteiger partial charge in [0.25, 0.3) is 5.91 Å². The Morgan fingerprint density at radius 1 is 1.55 bits per heavy atom. The number of aromatic nitrogens is 1. The molecule has 0 saturated carbocycles. The fraction of sp³-hybridized carbons (Fsp3) is 0.429. The summed E-state index contributed by atoms with van der Waals surface area (Å²) in [4.78, 5) is 18.3. The van der Waals surface area contributed by atoms with Crippen molar-refractivity contribution in [3.63, 3.8) is 0 Å². The molecule has 0 radical (unpaired) electrons. The molecule has 1 saturated heterocycles. The number of piperidine rings is 1. The summed E-state index contributed by atoms with van der Waals surface area (Å²) in [6, 6.07) is 5.54. The van der Waals surface area contributed by atoms with Crippen LogP contribution in [-0.2, 0) is 4.74 Å². The van der Waals surface area contributed by atoms with Crippen LogP contribution in [0.4, 0.5) is 5.13 Å². The minimum Gasteiger partial charge on any atom is -0.380 e. The highest BCUT2D eigenvalue weighted by atomic mass is 32.1. The average molecular weight is 291 g/mol. The second-order valence-corrected chi connectivity index (χ2v) is 5.97. The van der Waals surface area contributed by atoms with E-state index >= 15 is 0 Å². The number of nitrogens with zero attached hydrogens (tertiary/aromatic N) is 2. The minimum atomic E-state index is -0.430. The van der Waals surface area contributed by atoms with E-state index in [0.717, 1.165) is 35.8 Å². The standard InChI is InChI=1S/C14H17N3O2S/c1-19-9-4-3-7-17(8-9)14-16-12-10(13(15)18)5-2-6-11(12)20-14/h2,5-6,9H,3-4,7-8H2,1H3,(H2,15,18). The van der Waals surface area contributed by atoms with Crippen molar-refractivity contribution in [2.75, 3.05) is 25.1 Å². The minimum absolute atomic E-state index is 0.256. The fourth-order valence-corrected chi connectivity index (χ4v) is 3.60. The number of fused-ring (bicyclic) bond motifs is 1. The van der Waals surface area contributed by atoms with Gasteiger partial charge in [0.2, 0.25) is 0 Å². The molecule has 2 N–H and O–H groups in total. The van der Waals surface area contributed by atoms with Crippen LogP contribution in [0.15, 0.2) is 18.2 Å². The highest BCUT2D eigenvalue weighted by Crippen LogP contribution is 2.32. The lowest BCUT2D eigenvalue weighted by molar-refractivity contribution is 0.0893. The molecule has 106 valence electrons. The third kappa shape index (κ3) is 2.36. The Kier molecular flexibility index (Phi) is 3.58. The van der Waals surface area contributed by atoms with Gasteiger partial charge in [-0.1, -0.05) is 17.4 Å². The first-order chi connectivity index (χ1) is 9.69. The van der Waals surface area contributed by atoms with E-state index in [1.807, 2.05) is 12.1 Å². The second-order valence-electron chi connectivity index (χ2n) is 4.96. The zero-order valence-corrected chi connectivity index (χ0v) is 12.2. The molecule has 1 aromatic carbocycles. The molecule has 3 rings (SSSR count). The van der Waals surface area contributed by atoms with Crippen molar-refractivity contribution in [2.45, 2.75) is 18.9 Å². The highest BCUT2D eigenvalue weighted by Gasteiger charge is 2.22. The van der Waals surface area contributed by atoms with E-state index in [-0.39, 0.29) is 6.10 Å². The molecule has 5 nitrogen and oxygen atoms in total. The zero-order valence-electron chi connectivity index (χ0n) is 11.3. The highest BCUT2D eigenvalue weighted by molar-refractivity contribution is 7.22. The number of hydrogen-bond acceptors (Lipinski definition) is 5. The van der Waals surface area contributed by atoms with Gasteiger partial charge < -0.3 is 15.4 Å². The van der Waals surface area contributed by atoms with Gasteiger partial charge in [0.05, 0.1) is 21.9 Å².